The zero-order valence-corrected chi connectivity index (χ0v) is 18.8. The summed E-state index contributed by atoms with van der Waals surface area (Å²) in [6.45, 7) is 3.89. The van der Waals surface area contributed by atoms with E-state index in [4.69, 9.17) is 10.5 Å². The summed E-state index contributed by atoms with van der Waals surface area (Å²) in [5, 5.41) is 5.21. The maximum atomic E-state index is 13.1. The van der Waals surface area contributed by atoms with E-state index < -0.39 is 17.7 Å². The van der Waals surface area contributed by atoms with E-state index in [2.05, 4.69) is 15.6 Å². The number of carbonyl (C=O) groups excluding carboxylic acids is 4. The van der Waals surface area contributed by atoms with Crippen LogP contribution in [0.2, 0.25) is 0 Å². The molecule has 10 heteroatoms. The number of primary amides is 1. The minimum absolute atomic E-state index is 0.00789. The van der Waals surface area contributed by atoms with Crippen LogP contribution in [0.15, 0.2) is 36.5 Å². The molecule has 0 spiro atoms. The number of pyridine rings is 1. The molecule has 1 aliphatic rings. The van der Waals surface area contributed by atoms with Gasteiger partial charge in [0, 0.05) is 19.2 Å². The Bertz CT molecular complexity index is 1070. The largest absolute Gasteiger partial charge is 0.480 e. The monoisotopic (exact) mass is 453 g/mol. The van der Waals surface area contributed by atoms with Crippen LogP contribution in [0, 0.1) is 5.92 Å². The van der Waals surface area contributed by atoms with Crippen LogP contribution in [-0.4, -0.2) is 47.2 Å². The molecule has 1 aliphatic heterocycles. The molecule has 2 heterocycles. The molecule has 1 saturated heterocycles. The van der Waals surface area contributed by atoms with Gasteiger partial charge in [-0.05, 0) is 42.5 Å². The molecule has 1 aromatic carbocycles. The first-order valence-electron chi connectivity index (χ1n) is 10.5. The lowest BCUT2D eigenvalue weighted by molar-refractivity contribution is -0.146. The van der Waals surface area contributed by atoms with Crippen LogP contribution in [0.3, 0.4) is 0 Å². The van der Waals surface area contributed by atoms with Crippen molar-refractivity contribution in [2.24, 2.45) is 11.7 Å². The molecular formula is C23H27N5O5. The Morgan fingerprint density at radius 2 is 1.79 bits per heavy atom. The number of amides is 4. The summed E-state index contributed by atoms with van der Waals surface area (Å²) in [7, 11) is 1.34. The van der Waals surface area contributed by atoms with Crippen molar-refractivity contribution in [3.63, 3.8) is 0 Å². The molecule has 0 bridgehead atoms. The van der Waals surface area contributed by atoms with Crippen LogP contribution in [0.25, 0.3) is 0 Å². The Morgan fingerprint density at radius 1 is 1.09 bits per heavy atom. The third-order valence-corrected chi connectivity index (χ3v) is 5.46. The van der Waals surface area contributed by atoms with E-state index in [1.54, 1.807) is 17.0 Å². The second-order valence-corrected chi connectivity index (χ2v) is 8.06. The van der Waals surface area contributed by atoms with Crippen LogP contribution in [-0.2, 0) is 14.4 Å². The van der Waals surface area contributed by atoms with Gasteiger partial charge in [0.2, 0.25) is 11.8 Å². The number of aromatic nitrogens is 1. The van der Waals surface area contributed by atoms with Crippen LogP contribution in [0.1, 0.15) is 48.7 Å². The summed E-state index contributed by atoms with van der Waals surface area (Å²) < 4.78 is 4.99. The molecule has 3 rings (SSSR count). The minimum atomic E-state index is -0.841. The van der Waals surface area contributed by atoms with Crippen molar-refractivity contribution in [3.8, 4) is 5.88 Å². The Balaban J connectivity index is 1.79. The summed E-state index contributed by atoms with van der Waals surface area (Å²) in [4.78, 5) is 54.3. The first kappa shape index (κ1) is 23.7. The lowest BCUT2D eigenvalue weighted by Crippen LogP contribution is -2.46. The van der Waals surface area contributed by atoms with Gasteiger partial charge in [0.25, 0.3) is 5.91 Å². The van der Waals surface area contributed by atoms with Gasteiger partial charge in [0.1, 0.15) is 5.56 Å². The van der Waals surface area contributed by atoms with E-state index in [0.29, 0.717) is 18.7 Å². The highest BCUT2D eigenvalue weighted by Gasteiger charge is 2.34. The summed E-state index contributed by atoms with van der Waals surface area (Å²) in [6.07, 6.45) is 2.90. The molecule has 1 fully saturated rings. The van der Waals surface area contributed by atoms with Gasteiger partial charge in [-0.15, -0.1) is 0 Å². The van der Waals surface area contributed by atoms with Gasteiger partial charge < -0.3 is 26.0 Å². The molecule has 4 amide bonds. The van der Waals surface area contributed by atoms with Crippen LogP contribution in [0.4, 0.5) is 11.4 Å². The molecule has 0 aliphatic carbocycles. The zero-order valence-electron chi connectivity index (χ0n) is 18.8. The smallest absolute Gasteiger partial charge is 0.313 e. The van der Waals surface area contributed by atoms with Gasteiger partial charge >= 0.3 is 11.8 Å². The van der Waals surface area contributed by atoms with Crippen molar-refractivity contribution in [2.45, 2.75) is 32.7 Å². The van der Waals surface area contributed by atoms with E-state index in [0.717, 1.165) is 12.0 Å². The van der Waals surface area contributed by atoms with Crippen molar-refractivity contribution >= 4 is 35.0 Å². The van der Waals surface area contributed by atoms with Crippen molar-refractivity contribution < 1.29 is 23.9 Å². The first-order chi connectivity index (χ1) is 15.7. The maximum Gasteiger partial charge on any atom is 0.313 e. The molecule has 1 aromatic heterocycles. The number of methoxy groups -OCH3 is 1. The number of nitrogens with zero attached hydrogens (tertiary/aromatic N) is 2. The second-order valence-electron chi connectivity index (χ2n) is 8.06. The van der Waals surface area contributed by atoms with Crippen LogP contribution in [0.5, 0.6) is 5.88 Å². The van der Waals surface area contributed by atoms with Gasteiger partial charge in [-0.2, -0.15) is 0 Å². The number of ether oxygens (including phenoxy) is 1. The number of carbonyl (C=O) groups is 4. The highest BCUT2D eigenvalue weighted by molar-refractivity contribution is 6.39. The Morgan fingerprint density at radius 3 is 2.39 bits per heavy atom. The molecule has 174 valence electrons. The summed E-state index contributed by atoms with van der Waals surface area (Å²) >= 11 is 0. The standard InChI is InChI=1S/C23H27N5O5/c1-13-4-9-19(15-5-7-16(8-6-15)26-14(2)29)28(12-13)23(32)21(31)27-17-10-18(20(24)30)22(33-3)25-11-17/h5-8,10-11,13,19H,4,9,12H2,1-3H3,(H2,24,30)(H,26,29)(H,27,31)/t13-,19+/m1/s1. The van der Waals surface area contributed by atoms with Gasteiger partial charge in [-0.3, -0.25) is 19.2 Å². The number of hydrogen-bond donors (Lipinski definition) is 3. The van der Waals surface area contributed by atoms with Crippen LogP contribution < -0.4 is 21.1 Å². The van der Waals surface area contributed by atoms with Crippen LogP contribution >= 0.6 is 0 Å². The van der Waals surface area contributed by atoms with Gasteiger partial charge in [0.05, 0.1) is 25.0 Å². The number of hydrogen-bond acceptors (Lipinski definition) is 6. The predicted octanol–water partition coefficient (Wildman–Crippen LogP) is 2.09. The number of benzene rings is 1. The molecule has 0 radical (unpaired) electrons. The van der Waals surface area contributed by atoms with Gasteiger partial charge in [-0.1, -0.05) is 19.1 Å². The number of anilines is 2. The van der Waals surface area contributed by atoms with Crippen molar-refractivity contribution in [3.05, 3.63) is 47.7 Å². The average molecular weight is 453 g/mol. The van der Waals surface area contributed by atoms with E-state index in [1.807, 2.05) is 19.1 Å². The predicted molar refractivity (Wildman–Crippen MR) is 122 cm³/mol. The number of nitrogens with one attached hydrogen (secondary N) is 2. The average Bonchev–Trinajstić information content (AvgIpc) is 2.78. The van der Waals surface area contributed by atoms with E-state index in [-0.39, 0.29) is 35.0 Å². The molecule has 0 saturated carbocycles. The van der Waals surface area contributed by atoms with Crippen molar-refractivity contribution in [1.82, 2.24) is 9.88 Å². The third-order valence-electron chi connectivity index (χ3n) is 5.46. The molecule has 2 atom stereocenters. The topological polar surface area (TPSA) is 144 Å². The highest BCUT2D eigenvalue weighted by atomic mass is 16.5. The fourth-order valence-electron chi connectivity index (χ4n) is 3.89. The van der Waals surface area contributed by atoms with E-state index >= 15 is 0 Å². The zero-order chi connectivity index (χ0) is 24.1. The molecular weight excluding hydrogens is 426 g/mol. The van der Waals surface area contributed by atoms with Crippen molar-refractivity contribution in [1.29, 1.82) is 0 Å². The van der Waals surface area contributed by atoms with Gasteiger partial charge in [-0.25, -0.2) is 4.98 Å². The highest BCUT2D eigenvalue weighted by Crippen LogP contribution is 2.34. The summed E-state index contributed by atoms with van der Waals surface area (Å²) in [5.41, 5.74) is 7.01. The molecule has 33 heavy (non-hydrogen) atoms. The Labute approximate surface area is 191 Å². The first-order valence-corrected chi connectivity index (χ1v) is 10.5. The minimum Gasteiger partial charge on any atom is -0.480 e. The van der Waals surface area contributed by atoms with E-state index in [1.165, 1.54) is 26.3 Å². The van der Waals surface area contributed by atoms with E-state index in [9.17, 15) is 19.2 Å². The molecule has 2 aromatic rings. The normalized spacial score (nSPS) is 17.7. The quantitative estimate of drug-likeness (QED) is 0.592. The second kappa shape index (κ2) is 10.1. The number of piperidine rings is 1. The Hall–Kier alpha value is -3.95. The molecule has 4 N–H and O–H groups in total. The lowest BCUT2D eigenvalue weighted by Gasteiger charge is -2.38. The number of nitrogens with two attached hydrogens (primary N) is 1. The lowest BCUT2D eigenvalue weighted by atomic mass is 9.89. The SMILES string of the molecule is COc1ncc(NC(=O)C(=O)N2C[C@H](C)CC[C@H]2c2ccc(NC(C)=O)cc2)cc1C(N)=O. The molecule has 0 unspecified atom stereocenters. The maximum absolute atomic E-state index is 13.1. The van der Waals surface area contributed by atoms with Gasteiger partial charge in [0.15, 0.2) is 0 Å². The number of rotatable bonds is 5. The molecule has 10 nitrogen and oxygen atoms in total. The Kier molecular flexibility index (Phi) is 7.27. The summed E-state index contributed by atoms with van der Waals surface area (Å²) in [6, 6.07) is 8.27. The number of likely N-dealkylation sites (tertiary alicyclic amines) is 1. The van der Waals surface area contributed by atoms with Crippen molar-refractivity contribution in [2.75, 3.05) is 24.3 Å². The fourth-order valence-corrected chi connectivity index (χ4v) is 3.89. The summed E-state index contributed by atoms with van der Waals surface area (Å²) in [5.74, 6) is -2.20. The third kappa shape index (κ3) is 5.65. The fraction of sp³-hybridized carbons (Fsp3) is 0.348.